The Balaban J connectivity index is 2.11. The second-order valence-electron chi connectivity index (χ2n) is 5.05. The zero-order chi connectivity index (χ0) is 16.6. The molecule has 7 heteroatoms. The van der Waals surface area contributed by atoms with Crippen LogP contribution in [-0.4, -0.2) is 31.9 Å². The molecule has 0 saturated heterocycles. The van der Waals surface area contributed by atoms with Crippen LogP contribution in [0.5, 0.6) is 0 Å². The number of halogens is 1. The molecule has 3 aromatic rings. The molecule has 3 heterocycles. The molecule has 0 fully saturated rings. The number of imidazole rings is 1. The lowest BCUT2D eigenvalue weighted by Crippen LogP contribution is -2.12. The summed E-state index contributed by atoms with van der Waals surface area (Å²) in [5.41, 5.74) is 2.09. The SMILES string of the molecule is CCOC(=O)c1c(C)nc(-c2cc(F)c3nccn3c2)nc1C. The van der Waals surface area contributed by atoms with E-state index in [2.05, 4.69) is 15.0 Å². The molecule has 23 heavy (non-hydrogen) atoms. The Hall–Kier alpha value is -2.83. The van der Waals surface area contributed by atoms with Crippen LogP contribution >= 0.6 is 0 Å². The lowest BCUT2D eigenvalue weighted by atomic mass is 10.1. The highest BCUT2D eigenvalue weighted by Gasteiger charge is 2.18. The van der Waals surface area contributed by atoms with Gasteiger partial charge in [0.2, 0.25) is 0 Å². The standard InChI is InChI=1S/C16H15FN4O2/c1-4-23-16(22)13-9(2)19-14(20-10(13)3)11-7-12(17)15-18-5-6-21(15)8-11/h5-8H,4H2,1-3H3. The largest absolute Gasteiger partial charge is 0.462 e. The fourth-order valence-electron chi connectivity index (χ4n) is 2.46. The molecular weight excluding hydrogens is 299 g/mol. The molecule has 0 N–H and O–H groups in total. The van der Waals surface area contributed by atoms with Crippen molar-refractivity contribution in [3.8, 4) is 11.4 Å². The van der Waals surface area contributed by atoms with Crippen molar-refractivity contribution in [2.45, 2.75) is 20.8 Å². The van der Waals surface area contributed by atoms with Gasteiger partial charge in [0.05, 0.1) is 18.0 Å². The van der Waals surface area contributed by atoms with Gasteiger partial charge in [0.1, 0.15) is 5.56 Å². The molecule has 0 unspecified atom stereocenters. The Bertz CT molecular complexity index is 881. The summed E-state index contributed by atoms with van der Waals surface area (Å²) in [6, 6.07) is 1.33. The summed E-state index contributed by atoms with van der Waals surface area (Å²) in [6.45, 7) is 5.43. The molecule has 6 nitrogen and oxygen atoms in total. The summed E-state index contributed by atoms with van der Waals surface area (Å²) >= 11 is 0. The third-order valence-electron chi connectivity index (χ3n) is 3.45. The number of hydrogen-bond acceptors (Lipinski definition) is 5. The zero-order valence-electron chi connectivity index (χ0n) is 13.0. The predicted octanol–water partition coefficient (Wildman–Crippen LogP) is 2.72. The molecule has 0 aliphatic carbocycles. The van der Waals surface area contributed by atoms with E-state index in [-0.39, 0.29) is 12.3 Å². The maximum absolute atomic E-state index is 14.1. The van der Waals surface area contributed by atoms with Crippen molar-refractivity contribution in [2.24, 2.45) is 0 Å². The van der Waals surface area contributed by atoms with Gasteiger partial charge < -0.3 is 9.14 Å². The molecule has 0 saturated carbocycles. The molecule has 3 aromatic heterocycles. The summed E-state index contributed by atoms with van der Waals surface area (Å²) in [4.78, 5) is 24.5. The Morgan fingerprint density at radius 1 is 1.30 bits per heavy atom. The van der Waals surface area contributed by atoms with E-state index in [4.69, 9.17) is 4.74 Å². The predicted molar refractivity (Wildman–Crippen MR) is 81.6 cm³/mol. The number of aromatic nitrogens is 4. The Morgan fingerprint density at radius 2 is 2.00 bits per heavy atom. The van der Waals surface area contributed by atoms with Crippen molar-refractivity contribution in [1.82, 2.24) is 19.4 Å². The highest BCUT2D eigenvalue weighted by molar-refractivity contribution is 5.91. The van der Waals surface area contributed by atoms with Crippen molar-refractivity contribution < 1.29 is 13.9 Å². The lowest BCUT2D eigenvalue weighted by molar-refractivity contribution is 0.0523. The molecule has 118 valence electrons. The van der Waals surface area contributed by atoms with Gasteiger partial charge in [0, 0.05) is 24.2 Å². The number of hydrogen-bond donors (Lipinski definition) is 0. The van der Waals surface area contributed by atoms with E-state index in [9.17, 15) is 9.18 Å². The van der Waals surface area contributed by atoms with Crippen molar-refractivity contribution in [3.05, 3.63) is 47.4 Å². The van der Waals surface area contributed by atoms with E-state index >= 15 is 0 Å². The van der Waals surface area contributed by atoms with Gasteiger partial charge in [-0.15, -0.1) is 0 Å². The smallest absolute Gasteiger partial charge is 0.341 e. The topological polar surface area (TPSA) is 69.4 Å². The third-order valence-corrected chi connectivity index (χ3v) is 3.45. The molecule has 0 aromatic carbocycles. The van der Waals surface area contributed by atoms with Gasteiger partial charge in [0.15, 0.2) is 17.3 Å². The monoisotopic (exact) mass is 314 g/mol. The second kappa shape index (κ2) is 5.75. The summed E-state index contributed by atoms with van der Waals surface area (Å²) in [5, 5.41) is 0. The maximum atomic E-state index is 14.1. The molecule has 0 radical (unpaired) electrons. The molecule has 0 aliphatic rings. The van der Waals surface area contributed by atoms with Gasteiger partial charge in [-0.2, -0.15) is 0 Å². The molecule has 0 spiro atoms. The number of aryl methyl sites for hydroxylation is 2. The first kappa shape index (κ1) is 15.1. The van der Waals surface area contributed by atoms with Gasteiger partial charge in [0.25, 0.3) is 0 Å². The molecule has 0 bridgehead atoms. The maximum Gasteiger partial charge on any atom is 0.341 e. The van der Waals surface area contributed by atoms with Gasteiger partial charge >= 0.3 is 5.97 Å². The van der Waals surface area contributed by atoms with Crippen molar-refractivity contribution in [3.63, 3.8) is 0 Å². The summed E-state index contributed by atoms with van der Waals surface area (Å²) < 4.78 is 20.6. The van der Waals surface area contributed by atoms with E-state index in [1.54, 1.807) is 37.6 Å². The average Bonchev–Trinajstić information content (AvgIpc) is 2.95. The van der Waals surface area contributed by atoms with Gasteiger partial charge in [-0.3, -0.25) is 0 Å². The quantitative estimate of drug-likeness (QED) is 0.695. The number of rotatable bonds is 3. The van der Waals surface area contributed by atoms with E-state index < -0.39 is 11.8 Å². The molecule has 3 rings (SSSR count). The van der Waals surface area contributed by atoms with Crippen LogP contribution in [0.15, 0.2) is 24.7 Å². The number of carbonyl (C=O) groups is 1. The van der Waals surface area contributed by atoms with Crippen LogP contribution in [0, 0.1) is 19.7 Å². The molecule has 0 aliphatic heterocycles. The van der Waals surface area contributed by atoms with Crippen molar-refractivity contribution >= 4 is 11.6 Å². The fraction of sp³-hybridized carbons (Fsp3) is 0.250. The van der Waals surface area contributed by atoms with Crippen LogP contribution < -0.4 is 0 Å². The zero-order valence-corrected chi connectivity index (χ0v) is 13.0. The first-order valence-corrected chi connectivity index (χ1v) is 7.16. The van der Waals surface area contributed by atoms with Crippen LogP contribution in [0.25, 0.3) is 17.0 Å². The van der Waals surface area contributed by atoms with Crippen LogP contribution in [-0.2, 0) is 4.74 Å². The van der Waals surface area contributed by atoms with E-state index in [0.29, 0.717) is 28.3 Å². The number of ether oxygens (including phenoxy) is 1. The van der Waals surface area contributed by atoms with Crippen LogP contribution in [0.4, 0.5) is 4.39 Å². The Morgan fingerprint density at radius 3 is 2.65 bits per heavy atom. The first-order chi connectivity index (χ1) is 11.0. The Kier molecular flexibility index (Phi) is 3.77. The number of fused-ring (bicyclic) bond motifs is 1. The summed E-state index contributed by atoms with van der Waals surface area (Å²) in [6.07, 6.45) is 4.86. The average molecular weight is 314 g/mol. The molecule has 0 amide bonds. The van der Waals surface area contributed by atoms with Gasteiger partial charge in [-0.05, 0) is 26.8 Å². The fourth-order valence-corrected chi connectivity index (χ4v) is 2.46. The summed E-state index contributed by atoms with van der Waals surface area (Å²) in [5.74, 6) is -0.561. The van der Waals surface area contributed by atoms with Crippen LogP contribution in [0.1, 0.15) is 28.7 Å². The number of esters is 1. The number of pyridine rings is 1. The highest BCUT2D eigenvalue weighted by Crippen LogP contribution is 2.21. The number of carbonyl (C=O) groups excluding carboxylic acids is 1. The third kappa shape index (κ3) is 2.65. The normalized spacial score (nSPS) is 11.0. The lowest BCUT2D eigenvalue weighted by Gasteiger charge is -2.10. The van der Waals surface area contributed by atoms with Crippen molar-refractivity contribution in [1.29, 1.82) is 0 Å². The molecule has 0 atom stereocenters. The van der Waals surface area contributed by atoms with Gasteiger partial charge in [-0.1, -0.05) is 0 Å². The minimum Gasteiger partial charge on any atom is -0.462 e. The van der Waals surface area contributed by atoms with Crippen LogP contribution in [0.2, 0.25) is 0 Å². The highest BCUT2D eigenvalue weighted by atomic mass is 19.1. The minimum atomic E-state index is -0.458. The first-order valence-electron chi connectivity index (χ1n) is 7.16. The second-order valence-corrected chi connectivity index (χ2v) is 5.05. The van der Waals surface area contributed by atoms with Gasteiger partial charge in [-0.25, -0.2) is 24.1 Å². The Labute approximate surface area is 132 Å². The van der Waals surface area contributed by atoms with E-state index in [0.717, 1.165) is 0 Å². The number of nitrogens with zero attached hydrogens (tertiary/aromatic N) is 4. The van der Waals surface area contributed by atoms with Crippen LogP contribution in [0.3, 0.4) is 0 Å². The summed E-state index contributed by atoms with van der Waals surface area (Å²) in [7, 11) is 0. The minimum absolute atomic E-state index is 0.241. The van der Waals surface area contributed by atoms with Crippen molar-refractivity contribution in [2.75, 3.05) is 6.61 Å². The van der Waals surface area contributed by atoms with E-state index in [1.165, 1.54) is 12.3 Å². The molecular formula is C16H15FN4O2. The van der Waals surface area contributed by atoms with E-state index in [1.807, 2.05) is 0 Å².